The van der Waals surface area contributed by atoms with Crippen LogP contribution in [0.15, 0.2) is 79.1 Å². The van der Waals surface area contributed by atoms with E-state index in [1.165, 1.54) is 21.9 Å². The Morgan fingerprint density at radius 3 is 2.13 bits per heavy atom. The molecule has 1 aliphatic rings. The van der Waals surface area contributed by atoms with Crippen molar-refractivity contribution >= 4 is 16.6 Å². The summed E-state index contributed by atoms with van der Waals surface area (Å²) >= 11 is 0. The van der Waals surface area contributed by atoms with E-state index in [0.717, 1.165) is 50.7 Å². The molecule has 0 aliphatic carbocycles. The van der Waals surface area contributed by atoms with Gasteiger partial charge in [0.05, 0.1) is 5.69 Å². The Morgan fingerprint density at radius 2 is 1.37 bits per heavy atom. The minimum absolute atomic E-state index is 0.765. The Kier molecular flexibility index (Phi) is 5.36. The summed E-state index contributed by atoms with van der Waals surface area (Å²) in [6.45, 7) is 5.00. The highest BCUT2D eigenvalue weighted by Crippen LogP contribution is 2.28. The Bertz CT molecular complexity index is 1110. The van der Waals surface area contributed by atoms with Gasteiger partial charge in [-0.25, -0.2) is 0 Å². The van der Waals surface area contributed by atoms with Gasteiger partial charge in [-0.2, -0.15) is 5.10 Å². The number of pyridine rings is 1. The maximum atomic E-state index is 4.68. The van der Waals surface area contributed by atoms with Gasteiger partial charge in [0.25, 0.3) is 0 Å². The molecule has 0 radical (unpaired) electrons. The highest BCUT2D eigenvalue weighted by Gasteiger charge is 2.21. The van der Waals surface area contributed by atoms with Crippen LogP contribution in [-0.4, -0.2) is 46.3 Å². The van der Waals surface area contributed by atoms with E-state index in [0.29, 0.717) is 0 Å². The lowest BCUT2D eigenvalue weighted by atomic mass is 10.0. The molecule has 0 amide bonds. The van der Waals surface area contributed by atoms with Crippen LogP contribution in [0.2, 0.25) is 0 Å². The van der Waals surface area contributed by atoms with Gasteiger partial charge in [-0.05, 0) is 23.3 Å². The smallest absolute Gasteiger partial charge is 0.159 e. The van der Waals surface area contributed by atoms with Gasteiger partial charge in [0.1, 0.15) is 0 Å². The highest BCUT2D eigenvalue weighted by molar-refractivity contribution is 5.93. The monoisotopic (exact) mass is 395 g/mol. The summed E-state index contributed by atoms with van der Waals surface area (Å²) in [6.07, 6.45) is 4.42. The average Bonchev–Trinajstić information content (AvgIpc) is 2.81. The third kappa shape index (κ3) is 4.02. The summed E-state index contributed by atoms with van der Waals surface area (Å²) in [6, 6.07) is 23.3. The number of rotatable bonds is 5. The van der Waals surface area contributed by atoms with Crippen molar-refractivity contribution in [2.75, 3.05) is 31.1 Å². The molecule has 1 fully saturated rings. The first-order chi connectivity index (χ1) is 14.9. The van der Waals surface area contributed by atoms with Gasteiger partial charge in [0.15, 0.2) is 5.82 Å². The van der Waals surface area contributed by atoms with Crippen molar-refractivity contribution in [1.82, 2.24) is 20.1 Å². The fourth-order valence-electron chi connectivity index (χ4n) is 4.16. The van der Waals surface area contributed by atoms with Crippen LogP contribution in [0.1, 0.15) is 16.8 Å². The first-order valence-electron chi connectivity index (χ1n) is 10.5. The van der Waals surface area contributed by atoms with Gasteiger partial charge in [-0.3, -0.25) is 9.88 Å². The van der Waals surface area contributed by atoms with Crippen molar-refractivity contribution in [3.8, 4) is 0 Å². The minimum atomic E-state index is 0.765. The molecule has 0 N–H and O–H groups in total. The van der Waals surface area contributed by atoms with Crippen LogP contribution < -0.4 is 4.90 Å². The molecule has 1 aliphatic heterocycles. The second-order valence-corrected chi connectivity index (χ2v) is 7.80. The average molecular weight is 396 g/mol. The number of fused-ring (bicyclic) bond motifs is 1. The molecule has 0 spiro atoms. The molecule has 0 unspecified atom stereocenters. The number of hydrogen-bond donors (Lipinski definition) is 0. The Hall–Kier alpha value is -3.31. The van der Waals surface area contributed by atoms with Crippen LogP contribution >= 0.6 is 0 Å². The van der Waals surface area contributed by atoms with Crippen molar-refractivity contribution in [2.24, 2.45) is 0 Å². The van der Waals surface area contributed by atoms with Gasteiger partial charge in [0, 0.05) is 62.3 Å². The van der Waals surface area contributed by atoms with Gasteiger partial charge in [-0.1, -0.05) is 54.6 Å². The van der Waals surface area contributed by atoms with Crippen LogP contribution in [0.5, 0.6) is 0 Å². The Morgan fingerprint density at radius 1 is 0.667 bits per heavy atom. The Balaban J connectivity index is 1.35. The van der Waals surface area contributed by atoms with Gasteiger partial charge in [-0.15, -0.1) is 5.10 Å². The third-order valence-corrected chi connectivity index (χ3v) is 5.79. The molecule has 3 heterocycles. The van der Waals surface area contributed by atoms with Crippen LogP contribution in [0.25, 0.3) is 10.8 Å². The van der Waals surface area contributed by atoms with Crippen molar-refractivity contribution < 1.29 is 0 Å². The summed E-state index contributed by atoms with van der Waals surface area (Å²) in [4.78, 5) is 9.01. The Labute approximate surface area is 177 Å². The quantitative estimate of drug-likeness (QED) is 0.512. The number of hydrogen-bond acceptors (Lipinski definition) is 5. The summed E-state index contributed by atoms with van der Waals surface area (Å²) in [5.74, 6) is 1.00. The fraction of sp³-hybridized carbons (Fsp3) is 0.240. The van der Waals surface area contributed by atoms with E-state index in [1.54, 1.807) is 0 Å². The van der Waals surface area contributed by atoms with Crippen LogP contribution in [0, 0.1) is 0 Å². The van der Waals surface area contributed by atoms with Crippen molar-refractivity contribution in [3.05, 3.63) is 95.9 Å². The lowest BCUT2D eigenvalue weighted by Crippen LogP contribution is -2.46. The first-order valence-corrected chi connectivity index (χ1v) is 10.5. The zero-order chi connectivity index (χ0) is 20.2. The standard InChI is InChI=1S/C25H25N5/c1-2-6-21(7-3-1)19-29-14-16-30(17-15-29)25-23-9-5-4-8-22(23)24(27-28-25)18-20-10-12-26-13-11-20/h1-13H,14-19H2. The summed E-state index contributed by atoms with van der Waals surface area (Å²) < 4.78 is 0. The fourth-order valence-corrected chi connectivity index (χ4v) is 4.16. The minimum Gasteiger partial charge on any atom is -0.352 e. The van der Waals surface area contributed by atoms with E-state index in [-0.39, 0.29) is 0 Å². The topological polar surface area (TPSA) is 45.2 Å². The summed E-state index contributed by atoms with van der Waals surface area (Å²) in [7, 11) is 0. The molecule has 5 heteroatoms. The zero-order valence-electron chi connectivity index (χ0n) is 17.0. The number of benzene rings is 2. The molecule has 2 aromatic heterocycles. The maximum Gasteiger partial charge on any atom is 0.159 e. The lowest BCUT2D eigenvalue weighted by molar-refractivity contribution is 0.249. The largest absolute Gasteiger partial charge is 0.352 e. The molecular weight excluding hydrogens is 370 g/mol. The third-order valence-electron chi connectivity index (χ3n) is 5.79. The molecule has 0 bridgehead atoms. The predicted octanol–water partition coefficient (Wildman–Crippen LogP) is 3.94. The van der Waals surface area contributed by atoms with Crippen LogP contribution in [0.4, 0.5) is 5.82 Å². The molecule has 0 saturated carbocycles. The number of anilines is 1. The van der Waals surface area contributed by atoms with Crippen molar-refractivity contribution in [1.29, 1.82) is 0 Å². The van der Waals surface area contributed by atoms with E-state index in [9.17, 15) is 0 Å². The SMILES string of the molecule is c1ccc(CN2CCN(c3nnc(Cc4ccncc4)c4ccccc34)CC2)cc1. The van der Waals surface area contributed by atoms with Crippen LogP contribution in [-0.2, 0) is 13.0 Å². The van der Waals surface area contributed by atoms with E-state index in [1.807, 2.05) is 24.5 Å². The van der Waals surface area contributed by atoms with Crippen LogP contribution in [0.3, 0.4) is 0 Å². The maximum absolute atomic E-state index is 4.68. The molecule has 30 heavy (non-hydrogen) atoms. The lowest BCUT2D eigenvalue weighted by Gasteiger charge is -2.35. The molecule has 0 atom stereocenters. The zero-order valence-corrected chi connectivity index (χ0v) is 17.0. The number of nitrogens with zero attached hydrogens (tertiary/aromatic N) is 5. The molecule has 150 valence electrons. The molecule has 5 rings (SSSR count). The second kappa shape index (κ2) is 8.59. The van der Waals surface area contributed by atoms with Crippen molar-refractivity contribution in [2.45, 2.75) is 13.0 Å². The number of aromatic nitrogens is 3. The molecule has 5 nitrogen and oxygen atoms in total. The number of piperazine rings is 1. The van der Waals surface area contributed by atoms with E-state index in [4.69, 9.17) is 0 Å². The molecule has 1 saturated heterocycles. The highest BCUT2D eigenvalue weighted by atomic mass is 15.3. The summed E-state index contributed by atoms with van der Waals surface area (Å²) in [5, 5.41) is 11.7. The first kappa shape index (κ1) is 18.7. The van der Waals surface area contributed by atoms with E-state index >= 15 is 0 Å². The van der Waals surface area contributed by atoms with Crippen molar-refractivity contribution in [3.63, 3.8) is 0 Å². The second-order valence-electron chi connectivity index (χ2n) is 7.80. The van der Waals surface area contributed by atoms with Gasteiger partial charge in [0.2, 0.25) is 0 Å². The molecular formula is C25H25N5. The van der Waals surface area contributed by atoms with E-state index < -0.39 is 0 Å². The molecule has 2 aromatic carbocycles. The molecule has 4 aromatic rings. The van der Waals surface area contributed by atoms with Gasteiger partial charge >= 0.3 is 0 Å². The predicted molar refractivity (Wildman–Crippen MR) is 121 cm³/mol. The normalized spacial score (nSPS) is 14.9. The summed E-state index contributed by atoms with van der Waals surface area (Å²) in [5.41, 5.74) is 3.59. The van der Waals surface area contributed by atoms with Gasteiger partial charge < -0.3 is 4.90 Å². The van der Waals surface area contributed by atoms with E-state index in [2.05, 4.69) is 79.6 Å².